The highest BCUT2D eigenvalue weighted by Gasteiger charge is 2.20. The molecule has 0 aliphatic rings. The Morgan fingerprint density at radius 3 is 2.29 bits per heavy atom. The van der Waals surface area contributed by atoms with Gasteiger partial charge in [-0.15, -0.1) is 0 Å². The van der Waals surface area contributed by atoms with Gasteiger partial charge in [-0.3, -0.25) is 9.52 Å². The zero-order valence-electron chi connectivity index (χ0n) is 18.4. The minimum atomic E-state index is -3.83. The van der Waals surface area contributed by atoms with Crippen molar-refractivity contribution in [1.29, 1.82) is 0 Å². The zero-order chi connectivity index (χ0) is 24.1. The molecule has 2 N–H and O–H groups in total. The van der Waals surface area contributed by atoms with Gasteiger partial charge >= 0.3 is 0 Å². The summed E-state index contributed by atoms with van der Waals surface area (Å²) < 4.78 is 33.7. The number of benzene rings is 4. The topological polar surface area (TPSA) is 84.5 Å². The molecule has 174 valence electrons. The largest absolute Gasteiger partial charge is 0.481 e. The van der Waals surface area contributed by atoms with Crippen LogP contribution in [-0.2, 0) is 14.8 Å². The van der Waals surface area contributed by atoms with Crippen molar-refractivity contribution in [3.05, 3.63) is 96.0 Å². The molecule has 0 bridgehead atoms. The number of para-hydroxylation sites is 1. The third kappa shape index (κ3) is 5.50. The highest BCUT2D eigenvalue weighted by atomic mass is 35.5. The number of ether oxygens (including phenoxy) is 1. The molecule has 0 spiro atoms. The van der Waals surface area contributed by atoms with Gasteiger partial charge in [0, 0.05) is 5.69 Å². The molecule has 0 saturated heterocycles. The van der Waals surface area contributed by atoms with Crippen molar-refractivity contribution in [1.82, 2.24) is 0 Å². The van der Waals surface area contributed by atoms with Crippen LogP contribution in [0.2, 0.25) is 5.02 Å². The van der Waals surface area contributed by atoms with Gasteiger partial charge in [-0.1, -0.05) is 61.0 Å². The summed E-state index contributed by atoms with van der Waals surface area (Å²) in [7, 11) is -3.83. The molecule has 8 heteroatoms. The summed E-state index contributed by atoms with van der Waals surface area (Å²) in [6.07, 6.45) is -0.237. The van der Waals surface area contributed by atoms with E-state index in [1.54, 1.807) is 24.3 Å². The summed E-state index contributed by atoms with van der Waals surface area (Å²) >= 11 is 6.04. The number of anilines is 2. The molecule has 4 aromatic rings. The van der Waals surface area contributed by atoms with E-state index >= 15 is 0 Å². The number of fused-ring (bicyclic) bond motifs is 1. The van der Waals surface area contributed by atoms with Crippen LogP contribution in [0.1, 0.15) is 13.3 Å². The van der Waals surface area contributed by atoms with Crippen molar-refractivity contribution in [3.8, 4) is 5.75 Å². The number of hydrogen-bond donors (Lipinski definition) is 2. The fraction of sp³-hybridized carbons (Fsp3) is 0.115. The first kappa shape index (κ1) is 23.6. The van der Waals surface area contributed by atoms with Crippen LogP contribution in [0.15, 0.2) is 95.9 Å². The van der Waals surface area contributed by atoms with Gasteiger partial charge in [-0.2, -0.15) is 0 Å². The molecule has 1 atom stereocenters. The number of halogens is 1. The monoisotopic (exact) mass is 494 g/mol. The van der Waals surface area contributed by atoms with Crippen LogP contribution in [0, 0.1) is 0 Å². The number of carbonyl (C=O) groups is 1. The lowest BCUT2D eigenvalue weighted by Gasteiger charge is -2.18. The lowest BCUT2D eigenvalue weighted by molar-refractivity contribution is -0.122. The number of amides is 1. The molecular formula is C26H23ClN2O4S. The maximum atomic E-state index is 12.8. The quantitative estimate of drug-likeness (QED) is 0.310. The Morgan fingerprint density at radius 1 is 0.912 bits per heavy atom. The summed E-state index contributed by atoms with van der Waals surface area (Å²) in [6.45, 7) is 1.86. The van der Waals surface area contributed by atoms with E-state index in [-0.39, 0.29) is 16.5 Å². The van der Waals surface area contributed by atoms with Crippen molar-refractivity contribution in [2.75, 3.05) is 10.0 Å². The average Bonchev–Trinajstić information content (AvgIpc) is 2.84. The van der Waals surface area contributed by atoms with Crippen LogP contribution in [0.4, 0.5) is 11.4 Å². The predicted octanol–water partition coefficient (Wildman–Crippen LogP) is 6.09. The molecule has 4 rings (SSSR count). The van der Waals surface area contributed by atoms with Gasteiger partial charge in [0.15, 0.2) is 6.10 Å². The van der Waals surface area contributed by atoms with E-state index < -0.39 is 16.1 Å². The van der Waals surface area contributed by atoms with E-state index in [1.807, 2.05) is 49.4 Å². The minimum Gasteiger partial charge on any atom is -0.481 e. The summed E-state index contributed by atoms with van der Waals surface area (Å²) in [5.74, 6) is 0.285. The molecule has 6 nitrogen and oxygen atoms in total. The maximum absolute atomic E-state index is 12.8. The van der Waals surface area contributed by atoms with E-state index in [0.29, 0.717) is 22.9 Å². The van der Waals surface area contributed by atoms with Gasteiger partial charge in [0.25, 0.3) is 15.9 Å². The number of sulfonamides is 1. The lowest BCUT2D eigenvalue weighted by atomic mass is 10.1. The maximum Gasteiger partial charge on any atom is 0.265 e. The van der Waals surface area contributed by atoms with Crippen molar-refractivity contribution in [2.24, 2.45) is 0 Å². The lowest BCUT2D eigenvalue weighted by Crippen LogP contribution is -2.32. The molecule has 0 aliphatic carbocycles. The molecule has 0 radical (unpaired) electrons. The third-order valence-electron chi connectivity index (χ3n) is 5.21. The first-order valence-electron chi connectivity index (χ1n) is 10.7. The first-order valence-corrected chi connectivity index (χ1v) is 12.6. The Kier molecular flexibility index (Phi) is 7.05. The molecule has 4 aromatic carbocycles. The van der Waals surface area contributed by atoms with E-state index in [4.69, 9.17) is 16.3 Å². The normalized spacial score (nSPS) is 12.2. The van der Waals surface area contributed by atoms with Crippen LogP contribution < -0.4 is 14.8 Å². The molecule has 0 heterocycles. The molecule has 0 saturated carbocycles. The molecular weight excluding hydrogens is 472 g/mol. The summed E-state index contributed by atoms with van der Waals surface area (Å²) in [4.78, 5) is 12.8. The van der Waals surface area contributed by atoms with E-state index in [2.05, 4.69) is 10.0 Å². The molecule has 0 unspecified atom stereocenters. The smallest absolute Gasteiger partial charge is 0.265 e. The highest BCUT2D eigenvalue weighted by Crippen LogP contribution is 2.25. The second kappa shape index (κ2) is 10.2. The van der Waals surface area contributed by atoms with Gasteiger partial charge < -0.3 is 10.1 Å². The van der Waals surface area contributed by atoms with Gasteiger partial charge in [0.1, 0.15) is 5.75 Å². The molecule has 0 aromatic heterocycles. The third-order valence-corrected chi connectivity index (χ3v) is 6.92. The molecule has 1 amide bonds. The Bertz CT molecular complexity index is 1420. The van der Waals surface area contributed by atoms with Crippen LogP contribution in [0.3, 0.4) is 0 Å². The number of hydrogen-bond acceptors (Lipinski definition) is 4. The average molecular weight is 495 g/mol. The first-order chi connectivity index (χ1) is 16.4. The standard InChI is InChI=1S/C26H23ClN2O4S/c1-2-25(33-21-14-11-18-7-3-4-8-19(18)17-21)26(30)28-20-12-15-22(16-13-20)34(31,32)29-24-10-6-5-9-23(24)27/h3-17,25,29H,2H2,1H3,(H,28,30)/t25-/m0/s1. The second-order valence-electron chi connectivity index (χ2n) is 7.62. The molecule has 34 heavy (non-hydrogen) atoms. The SMILES string of the molecule is CC[C@H](Oc1ccc2ccccc2c1)C(=O)Nc1ccc(S(=O)(=O)Nc2ccccc2Cl)cc1. The van der Waals surface area contributed by atoms with Crippen molar-refractivity contribution >= 4 is 49.7 Å². The van der Waals surface area contributed by atoms with E-state index in [9.17, 15) is 13.2 Å². The number of rotatable bonds is 8. The van der Waals surface area contributed by atoms with Gasteiger partial charge in [-0.05, 0) is 65.7 Å². The number of nitrogens with one attached hydrogen (secondary N) is 2. The van der Waals surface area contributed by atoms with Crippen LogP contribution in [-0.4, -0.2) is 20.4 Å². The van der Waals surface area contributed by atoms with Crippen LogP contribution in [0.5, 0.6) is 5.75 Å². The van der Waals surface area contributed by atoms with Crippen molar-refractivity contribution in [2.45, 2.75) is 24.3 Å². The van der Waals surface area contributed by atoms with Gasteiger partial charge in [0.05, 0.1) is 15.6 Å². The Labute approximate surface area is 203 Å². The summed E-state index contributed by atoms with van der Waals surface area (Å²) in [6, 6.07) is 26.1. The van der Waals surface area contributed by atoms with E-state index in [0.717, 1.165) is 10.8 Å². The zero-order valence-corrected chi connectivity index (χ0v) is 19.9. The van der Waals surface area contributed by atoms with E-state index in [1.165, 1.54) is 24.3 Å². The number of carbonyl (C=O) groups excluding carboxylic acids is 1. The molecule has 0 aliphatic heterocycles. The fourth-order valence-corrected chi connectivity index (χ4v) is 4.73. The van der Waals surface area contributed by atoms with Crippen LogP contribution in [0.25, 0.3) is 10.8 Å². The van der Waals surface area contributed by atoms with Gasteiger partial charge in [0.2, 0.25) is 0 Å². The van der Waals surface area contributed by atoms with Crippen LogP contribution >= 0.6 is 11.6 Å². The Hall–Kier alpha value is -3.55. The summed E-state index contributed by atoms with van der Waals surface area (Å²) in [5, 5.41) is 5.20. The Morgan fingerprint density at radius 2 is 1.59 bits per heavy atom. The second-order valence-corrected chi connectivity index (χ2v) is 9.71. The Balaban J connectivity index is 1.43. The fourth-order valence-electron chi connectivity index (χ4n) is 3.42. The summed E-state index contributed by atoms with van der Waals surface area (Å²) in [5.41, 5.74) is 0.750. The predicted molar refractivity (Wildman–Crippen MR) is 136 cm³/mol. The van der Waals surface area contributed by atoms with Gasteiger partial charge in [-0.25, -0.2) is 8.42 Å². The minimum absolute atomic E-state index is 0.0462. The molecule has 0 fully saturated rings. The highest BCUT2D eigenvalue weighted by molar-refractivity contribution is 7.92. The van der Waals surface area contributed by atoms with Crippen molar-refractivity contribution < 1.29 is 17.9 Å². The van der Waals surface area contributed by atoms with Crippen molar-refractivity contribution in [3.63, 3.8) is 0 Å².